The molecule has 0 amide bonds. The molecule has 224 valence electrons. The van der Waals surface area contributed by atoms with Crippen LogP contribution in [0.5, 0.6) is 0 Å². The van der Waals surface area contributed by atoms with E-state index in [9.17, 15) is 0 Å². The summed E-state index contributed by atoms with van der Waals surface area (Å²) in [6, 6.07) is 31.6. The third-order valence-electron chi connectivity index (χ3n) is 9.31. The molecule has 0 unspecified atom stereocenters. The molecule has 0 radical (unpaired) electrons. The summed E-state index contributed by atoms with van der Waals surface area (Å²) in [4.78, 5) is 14.7. The molecule has 4 heteroatoms. The Balaban J connectivity index is 1.16. The Bertz CT molecular complexity index is 1710. The predicted molar refractivity (Wildman–Crippen MR) is 184 cm³/mol. The molecule has 4 nitrogen and oxygen atoms in total. The first kappa shape index (κ1) is 29.8. The molecule has 0 N–H and O–H groups in total. The zero-order valence-electron chi connectivity index (χ0n) is 26.8. The lowest BCUT2D eigenvalue weighted by Crippen LogP contribution is -2.44. The molecule has 0 spiro atoms. The van der Waals surface area contributed by atoms with Crippen molar-refractivity contribution >= 4 is 5.69 Å². The summed E-state index contributed by atoms with van der Waals surface area (Å²) in [7, 11) is 0. The number of hydrogen-bond donors (Lipinski definition) is 0. The molecular formula is C40H44N4. The van der Waals surface area contributed by atoms with Crippen LogP contribution in [0.15, 0.2) is 97.3 Å². The Morgan fingerprint density at radius 1 is 0.659 bits per heavy atom. The van der Waals surface area contributed by atoms with Crippen molar-refractivity contribution in [3.8, 4) is 22.5 Å². The number of likely N-dealkylation sites (tertiary alicyclic amines) is 1. The highest BCUT2D eigenvalue weighted by atomic mass is 15.2. The second kappa shape index (κ2) is 13.2. The van der Waals surface area contributed by atoms with Gasteiger partial charge in [0.1, 0.15) is 0 Å². The molecule has 5 aromatic rings. The van der Waals surface area contributed by atoms with Gasteiger partial charge in [0.2, 0.25) is 0 Å². The third-order valence-corrected chi connectivity index (χ3v) is 9.31. The van der Waals surface area contributed by atoms with E-state index in [4.69, 9.17) is 9.97 Å². The van der Waals surface area contributed by atoms with Gasteiger partial charge in [0.15, 0.2) is 0 Å². The van der Waals surface area contributed by atoms with Gasteiger partial charge >= 0.3 is 0 Å². The van der Waals surface area contributed by atoms with Crippen LogP contribution < -0.4 is 4.90 Å². The third kappa shape index (κ3) is 6.92. The lowest BCUT2D eigenvalue weighted by Gasteiger charge is -2.40. The number of nitrogens with zero attached hydrogens (tertiary/aromatic N) is 4. The van der Waals surface area contributed by atoms with Crippen molar-refractivity contribution in [1.82, 2.24) is 14.9 Å². The lowest BCUT2D eigenvalue weighted by molar-refractivity contribution is 0.201. The van der Waals surface area contributed by atoms with Crippen LogP contribution in [0.3, 0.4) is 0 Å². The molecule has 1 fully saturated rings. The summed E-state index contributed by atoms with van der Waals surface area (Å²) in [5.74, 6) is 0. The van der Waals surface area contributed by atoms with Crippen molar-refractivity contribution in [3.05, 3.63) is 136 Å². The van der Waals surface area contributed by atoms with Crippen molar-refractivity contribution in [2.45, 2.75) is 66.6 Å². The van der Waals surface area contributed by atoms with Gasteiger partial charge in [0.05, 0.1) is 11.4 Å². The van der Waals surface area contributed by atoms with Gasteiger partial charge < -0.3 is 4.90 Å². The number of aromatic nitrogens is 2. The Kier molecular flexibility index (Phi) is 8.90. The summed E-state index contributed by atoms with van der Waals surface area (Å²) >= 11 is 0. The monoisotopic (exact) mass is 580 g/mol. The van der Waals surface area contributed by atoms with Crippen LogP contribution in [0.2, 0.25) is 0 Å². The predicted octanol–water partition coefficient (Wildman–Crippen LogP) is 9.02. The summed E-state index contributed by atoms with van der Waals surface area (Å²) in [6.45, 7) is 14.9. The maximum atomic E-state index is 4.73. The first-order chi connectivity index (χ1) is 21.3. The Hall–Kier alpha value is -4.28. The Morgan fingerprint density at radius 2 is 1.30 bits per heavy atom. The van der Waals surface area contributed by atoms with E-state index in [0.29, 0.717) is 6.04 Å². The second-order valence-corrected chi connectivity index (χ2v) is 12.7. The number of benzene rings is 3. The van der Waals surface area contributed by atoms with Gasteiger partial charge in [-0.25, -0.2) is 0 Å². The summed E-state index contributed by atoms with van der Waals surface area (Å²) in [5, 5.41) is 0. The second-order valence-electron chi connectivity index (χ2n) is 12.7. The molecule has 1 aliphatic heterocycles. The molecule has 3 aromatic carbocycles. The van der Waals surface area contributed by atoms with E-state index >= 15 is 0 Å². The molecule has 6 rings (SSSR count). The molecule has 44 heavy (non-hydrogen) atoms. The fraction of sp³-hybridized carbons (Fsp3) is 0.300. The van der Waals surface area contributed by atoms with E-state index in [1.165, 1.54) is 55.8 Å². The minimum Gasteiger partial charge on any atom is -0.364 e. The standard InChI is InChI=1S/C40H44N4/c1-28-9-11-37(12-10-28)44(27-34-14-18-41-39(25-34)35-8-6-7-29(2)21-35)38-15-19-43(20-16-38)26-33-13-17-42-40(24-33)36-22-30(3)32(5)31(4)23-36/h6-14,17-18,21-25,38H,15-16,19-20,26-27H2,1-5H3. The van der Waals surface area contributed by atoms with Crippen LogP contribution in [-0.2, 0) is 13.1 Å². The van der Waals surface area contributed by atoms with Crippen molar-refractivity contribution in [1.29, 1.82) is 0 Å². The SMILES string of the molecule is Cc1ccc(N(Cc2ccnc(-c3cccc(C)c3)c2)C2CCN(Cc3ccnc(-c4cc(C)c(C)c(C)c4)c3)CC2)cc1. The summed E-state index contributed by atoms with van der Waals surface area (Å²) in [6.07, 6.45) is 6.21. The van der Waals surface area contributed by atoms with Crippen LogP contribution in [-0.4, -0.2) is 34.0 Å². The van der Waals surface area contributed by atoms with Gasteiger partial charge in [0.25, 0.3) is 0 Å². The minimum atomic E-state index is 0.482. The maximum Gasteiger partial charge on any atom is 0.0705 e. The van der Waals surface area contributed by atoms with Crippen molar-refractivity contribution in [3.63, 3.8) is 0 Å². The number of aryl methyl sites for hydroxylation is 4. The zero-order chi connectivity index (χ0) is 30.6. The molecular weight excluding hydrogens is 536 g/mol. The quantitative estimate of drug-likeness (QED) is 0.183. The zero-order valence-corrected chi connectivity index (χ0v) is 26.8. The van der Waals surface area contributed by atoms with Gasteiger partial charge in [-0.3, -0.25) is 14.9 Å². The normalized spacial score (nSPS) is 14.1. The fourth-order valence-electron chi connectivity index (χ4n) is 6.46. The minimum absolute atomic E-state index is 0.482. The van der Waals surface area contributed by atoms with Crippen LogP contribution in [0, 0.1) is 34.6 Å². The number of pyridine rings is 2. The smallest absolute Gasteiger partial charge is 0.0705 e. The Labute approximate surface area is 263 Å². The molecule has 0 saturated carbocycles. The van der Waals surface area contributed by atoms with Crippen LogP contribution in [0.25, 0.3) is 22.5 Å². The number of hydrogen-bond acceptors (Lipinski definition) is 4. The maximum absolute atomic E-state index is 4.73. The van der Waals surface area contributed by atoms with E-state index in [2.05, 4.69) is 129 Å². The van der Waals surface area contributed by atoms with Gasteiger partial charge in [-0.15, -0.1) is 0 Å². The van der Waals surface area contributed by atoms with Crippen molar-refractivity contribution < 1.29 is 0 Å². The van der Waals surface area contributed by atoms with Crippen molar-refractivity contribution in [2.24, 2.45) is 0 Å². The first-order valence-electron chi connectivity index (χ1n) is 15.9. The molecule has 0 bridgehead atoms. The molecule has 0 atom stereocenters. The first-order valence-corrected chi connectivity index (χ1v) is 15.9. The fourth-order valence-corrected chi connectivity index (χ4v) is 6.46. The van der Waals surface area contributed by atoms with Gasteiger partial charge in [0, 0.05) is 61.4 Å². The molecule has 0 aliphatic carbocycles. The average Bonchev–Trinajstić information content (AvgIpc) is 3.03. The average molecular weight is 581 g/mol. The molecule has 1 aliphatic rings. The molecule has 1 saturated heterocycles. The summed E-state index contributed by atoms with van der Waals surface area (Å²) in [5.41, 5.74) is 15.0. The van der Waals surface area contributed by atoms with Gasteiger partial charge in [-0.05, 0) is 130 Å². The van der Waals surface area contributed by atoms with Crippen molar-refractivity contribution in [2.75, 3.05) is 18.0 Å². The largest absolute Gasteiger partial charge is 0.364 e. The van der Waals surface area contributed by atoms with E-state index in [1.807, 2.05) is 12.4 Å². The van der Waals surface area contributed by atoms with Gasteiger partial charge in [-0.2, -0.15) is 0 Å². The van der Waals surface area contributed by atoms with Crippen LogP contribution >= 0.6 is 0 Å². The highest BCUT2D eigenvalue weighted by molar-refractivity contribution is 5.63. The molecule has 2 aromatic heterocycles. The number of anilines is 1. The highest BCUT2D eigenvalue weighted by Gasteiger charge is 2.25. The number of piperidine rings is 1. The van der Waals surface area contributed by atoms with Crippen LogP contribution in [0.4, 0.5) is 5.69 Å². The Morgan fingerprint density at radius 3 is 1.98 bits per heavy atom. The van der Waals surface area contributed by atoms with E-state index in [0.717, 1.165) is 50.4 Å². The topological polar surface area (TPSA) is 32.3 Å². The van der Waals surface area contributed by atoms with E-state index in [1.54, 1.807) is 0 Å². The lowest BCUT2D eigenvalue weighted by atomic mass is 9.98. The highest BCUT2D eigenvalue weighted by Crippen LogP contribution is 2.29. The van der Waals surface area contributed by atoms with Gasteiger partial charge in [-0.1, -0.05) is 41.5 Å². The summed E-state index contributed by atoms with van der Waals surface area (Å²) < 4.78 is 0. The molecule has 3 heterocycles. The van der Waals surface area contributed by atoms with Crippen LogP contribution in [0.1, 0.15) is 51.8 Å². The van der Waals surface area contributed by atoms with E-state index in [-0.39, 0.29) is 0 Å². The number of rotatable bonds is 8. The van der Waals surface area contributed by atoms with E-state index < -0.39 is 0 Å².